The van der Waals surface area contributed by atoms with Gasteiger partial charge in [0.15, 0.2) is 0 Å². The Kier molecular flexibility index (Phi) is 3.55. The first-order valence-electron chi connectivity index (χ1n) is 8.58. The lowest BCUT2D eigenvalue weighted by Gasteiger charge is -2.23. The Balaban J connectivity index is 2.80. The van der Waals surface area contributed by atoms with Gasteiger partial charge in [-0.15, -0.1) is 0 Å². The van der Waals surface area contributed by atoms with Gasteiger partial charge < -0.3 is 0 Å². The minimum atomic E-state index is 1.40. The molecule has 0 bridgehead atoms. The second-order valence-corrected chi connectivity index (χ2v) is 7.39. The van der Waals surface area contributed by atoms with E-state index in [1.165, 1.54) is 71.6 Å². The van der Waals surface area contributed by atoms with E-state index in [1.54, 1.807) is 0 Å². The van der Waals surface area contributed by atoms with Crippen molar-refractivity contribution in [3.63, 3.8) is 0 Å². The average molecular weight is 304 g/mol. The average Bonchev–Trinajstić information content (AvgIpc) is 2.49. The SMILES string of the molecule is Cc1cc(C)c2c(C)c3c(C)c(C)c(C)c(C)c3c(C)c2c1C. The first-order valence-corrected chi connectivity index (χ1v) is 8.58. The van der Waals surface area contributed by atoms with Crippen LogP contribution in [0.1, 0.15) is 50.1 Å². The lowest BCUT2D eigenvalue weighted by atomic mass is 9.81. The van der Waals surface area contributed by atoms with E-state index in [4.69, 9.17) is 0 Å². The van der Waals surface area contributed by atoms with Gasteiger partial charge in [0.05, 0.1) is 0 Å². The predicted molar refractivity (Wildman–Crippen MR) is 104 cm³/mol. The summed E-state index contributed by atoms with van der Waals surface area (Å²) in [6, 6.07) is 2.35. The number of aryl methyl sites for hydroxylation is 7. The monoisotopic (exact) mass is 304 g/mol. The quantitative estimate of drug-likeness (QED) is 0.402. The van der Waals surface area contributed by atoms with Gasteiger partial charge in [0, 0.05) is 0 Å². The van der Waals surface area contributed by atoms with Crippen LogP contribution in [0, 0.1) is 62.3 Å². The summed E-state index contributed by atoms with van der Waals surface area (Å²) >= 11 is 0. The highest BCUT2D eigenvalue weighted by atomic mass is 14.2. The maximum atomic E-state index is 2.35. The van der Waals surface area contributed by atoms with Crippen LogP contribution in [0.5, 0.6) is 0 Å². The Labute approximate surface area is 140 Å². The fourth-order valence-corrected chi connectivity index (χ4v) is 4.54. The molecular formula is C23H28. The van der Waals surface area contributed by atoms with E-state index in [1.807, 2.05) is 0 Å². The second-order valence-electron chi connectivity index (χ2n) is 7.39. The molecule has 3 aromatic carbocycles. The first kappa shape index (κ1) is 16.1. The summed E-state index contributed by atoms with van der Waals surface area (Å²) in [5.74, 6) is 0. The zero-order valence-corrected chi connectivity index (χ0v) is 16.1. The molecule has 0 aliphatic carbocycles. The van der Waals surface area contributed by atoms with Crippen LogP contribution < -0.4 is 0 Å². The van der Waals surface area contributed by atoms with Crippen molar-refractivity contribution in [1.29, 1.82) is 0 Å². The van der Waals surface area contributed by atoms with Crippen molar-refractivity contribution in [2.75, 3.05) is 0 Å². The fraction of sp³-hybridized carbons (Fsp3) is 0.391. The maximum Gasteiger partial charge on any atom is -0.0111 e. The summed E-state index contributed by atoms with van der Waals surface area (Å²) in [6.07, 6.45) is 0. The third kappa shape index (κ3) is 1.97. The summed E-state index contributed by atoms with van der Waals surface area (Å²) in [5, 5.41) is 5.88. The molecule has 3 rings (SSSR count). The van der Waals surface area contributed by atoms with Gasteiger partial charge >= 0.3 is 0 Å². The van der Waals surface area contributed by atoms with Crippen molar-refractivity contribution in [3.8, 4) is 0 Å². The molecule has 0 nitrogen and oxygen atoms in total. The molecule has 0 saturated carbocycles. The van der Waals surface area contributed by atoms with Gasteiger partial charge in [0.25, 0.3) is 0 Å². The molecule has 0 atom stereocenters. The van der Waals surface area contributed by atoms with Crippen LogP contribution in [0.4, 0.5) is 0 Å². The number of hydrogen-bond donors (Lipinski definition) is 0. The van der Waals surface area contributed by atoms with Crippen LogP contribution in [0.2, 0.25) is 0 Å². The minimum Gasteiger partial charge on any atom is -0.0555 e. The Morgan fingerprint density at radius 1 is 0.348 bits per heavy atom. The van der Waals surface area contributed by atoms with E-state index in [-0.39, 0.29) is 0 Å². The molecule has 0 radical (unpaired) electrons. The lowest BCUT2D eigenvalue weighted by molar-refractivity contribution is 1.24. The van der Waals surface area contributed by atoms with Gasteiger partial charge in [0.2, 0.25) is 0 Å². The highest BCUT2D eigenvalue weighted by Gasteiger charge is 2.18. The molecule has 0 aliphatic heterocycles. The molecule has 0 aliphatic rings. The lowest BCUT2D eigenvalue weighted by Crippen LogP contribution is -2.01. The number of benzene rings is 3. The Morgan fingerprint density at radius 2 is 0.739 bits per heavy atom. The van der Waals surface area contributed by atoms with Crippen LogP contribution in [-0.2, 0) is 0 Å². The molecule has 0 saturated heterocycles. The molecule has 23 heavy (non-hydrogen) atoms. The fourth-order valence-electron chi connectivity index (χ4n) is 4.54. The number of hydrogen-bond acceptors (Lipinski definition) is 0. The summed E-state index contributed by atoms with van der Waals surface area (Å²) in [6.45, 7) is 20.5. The molecule has 0 heteroatoms. The molecule has 0 heterocycles. The van der Waals surface area contributed by atoms with Crippen molar-refractivity contribution < 1.29 is 0 Å². The van der Waals surface area contributed by atoms with Crippen molar-refractivity contribution >= 4 is 21.5 Å². The summed E-state index contributed by atoms with van der Waals surface area (Å²) in [4.78, 5) is 0. The third-order valence-electron chi connectivity index (χ3n) is 6.23. The van der Waals surface area contributed by atoms with E-state index in [0.29, 0.717) is 0 Å². The summed E-state index contributed by atoms with van der Waals surface area (Å²) in [7, 11) is 0. The van der Waals surface area contributed by atoms with Gasteiger partial charge in [-0.1, -0.05) is 6.07 Å². The highest BCUT2D eigenvalue weighted by molar-refractivity contribution is 6.10. The molecule has 0 fully saturated rings. The van der Waals surface area contributed by atoms with Crippen molar-refractivity contribution in [3.05, 3.63) is 56.1 Å². The molecular weight excluding hydrogens is 276 g/mol. The van der Waals surface area contributed by atoms with Gasteiger partial charge in [-0.3, -0.25) is 0 Å². The molecule has 120 valence electrons. The van der Waals surface area contributed by atoms with E-state index in [9.17, 15) is 0 Å². The standard InChI is InChI=1S/C23H28/c1-11-10-12(2)20-18(8)22-16(6)14(4)15(5)17(7)23(22)19(9)21(20)13(11)3/h10H,1-9H3. The Morgan fingerprint density at radius 3 is 1.22 bits per heavy atom. The van der Waals surface area contributed by atoms with Gasteiger partial charge in [0.1, 0.15) is 0 Å². The van der Waals surface area contributed by atoms with E-state index in [2.05, 4.69) is 68.4 Å². The Hall–Kier alpha value is -1.82. The van der Waals surface area contributed by atoms with Gasteiger partial charge in [-0.25, -0.2) is 0 Å². The molecule has 0 amide bonds. The maximum absolute atomic E-state index is 2.35. The van der Waals surface area contributed by atoms with Gasteiger partial charge in [-0.2, -0.15) is 0 Å². The van der Waals surface area contributed by atoms with Crippen LogP contribution in [0.15, 0.2) is 6.07 Å². The minimum absolute atomic E-state index is 1.40. The third-order valence-corrected chi connectivity index (χ3v) is 6.23. The zero-order valence-electron chi connectivity index (χ0n) is 16.1. The first-order chi connectivity index (χ1) is 10.7. The van der Waals surface area contributed by atoms with Crippen LogP contribution in [-0.4, -0.2) is 0 Å². The zero-order chi connectivity index (χ0) is 17.2. The number of fused-ring (bicyclic) bond motifs is 2. The summed E-state index contributed by atoms with van der Waals surface area (Å²) in [5.41, 5.74) is 12.9. The van der Waals surface area contributed by atoms with Crippen LogP contribution >= 0.6 is 0 Å². The van der Waals surface area contributed by atoms with Crippen LogP contribution in [0.25, 0.3) is 21.5 Å². The predicted octanol–water partition coefficient (Wildman–Crippen LogP) is 6.77. The normalized spacial score (nSPS) is 11.7. The molecule has 0 aromatic heterocycles. The number of rotatable bonds is 0. The molecule has 0 spiro atoms. The smallest absolute Gasteiger partial charge is 0.0111 e. The van der Waals surface area contributed by atoms with E-state index >= 15 is 0 Å². The second kappa shape index (κ2) is 5.09. The van der Waals surface area contributed by atoms with Crippen LogP contribution in [0.3, 0.4) is 0 Å². The Bertz CT molecular complexity index is 985. The topological polar surface area (TPSA) is 0 Å². The van der Waals surface area contributed by atoms with E-state index in [0.717, 1.165) is 0 Å². The van der Waals surface area contributed by atoms with E-state index < -0.39 is 0 Å². The largest absolute Gasteiger partial charge is 0.0555 e. The van der Waals surface area contributed by atoms with Crippen molar-refractivity contribution in [1.82, 2.24) is 0 Å². The molecule has 0 N–H and O–H groups in total. The van der Waals surface area contributed by atoms with Gasteiger partial charge in [-0.05, 0) is 134 Å². The highest BCUT2D eigenvalue weighted by Crippen LogP contribution is 2.41. The van der Waals surface area contributed by atoms with Crippen molar-refractivity contribution in [2.45, 2.75) is 62.3 Å². The molecule has 3 aromatic rings. The summed E-state index contributed by atoms with van der Waals surface area (Å²) < 4.78 is 0. The van der Waals surface area contributed by atoms with Crippen molar-refractivity contribution in [2.24, 2.45) is 0 Å². The molecule has 0 unspecified atom stereocenters.